The van der Waals surface area contributed by atoms with Crippen LogP contribution in [0.2, 0.25) is 0 Å². The van der Waals surface area contributed by atoms with E-state index in [2.05, 4.69) is 13.8 Å². The molecule has 2 fully saturated rings. The van der Waals surface area contributed by atoms with E-state index in [-0.39, 0.29) is 40.1 Å². The highest BCUT2D eigenvalue weighted by atomic mass is 16.6. The topological polar surface area (TPSA) is 83.8 Å². The number of fused-ring (bicyclic) bond motifs is 1. The summed E-state index contributed by atoms with van der Waals surface area (Å²) in [5.74, 6) is -1.61. The normalized spacial score (nSPS) is 32.4. The Morgan fingerprint density at radius 1 is 1.16 bits per heavy atom. The number of carbonyl (C=O) groups excluding carboxylic acids is 2. The number of carbonyl (C=O) groups is 2. The van der Waals surface area contributed by atoms with Gasteiger partial charge in [-0.3, -0.25) is 9.59 Å². The maximum Gasteiger partial charge on any atom is 0.317 e. The molecule has 1 aliphatic heterocycles. The summed E-state index contributed by atoms with van der Waals surface area (Å²) >= 11 is 0. The molecule has 0 amide bonds. The molecule has 3 atom stereocenters. The van der Waals surface area contributed by atoms with Crippen LogP contribution in [0.25, 0.3) is 0 Å². The fraction of sp³-hybridized carbons (Fsp3) is 0.600. The van der Waals surface area contributed by atoms with E-state index in [1.54, 1.807) is 6.07 Å². The van der Waals surface area contributed by atoms with E-state index < -0.39 is 17.5 Å². The highest BCUT2D eigenvalue weighted by Gasteiger charge is 2.70. The van der Waals surface area contributed by atoms with Crippen molar-refractivity contribution in [1.82, 2.24) is 0 Å². The first-order valence-electron chi connectivity index (χ1n) is 8.97. The number of rotatable bonds is 1. The number of hydrogen-bond donors (Lipinski definition) is 2. The zero-order valence-corrected chi connectivity index (χ0v) is 15.0. The molecule has 0 aromatic heterocycles. The van der Waals surface area contributed by atoms with Gasteiger partial charge in [-0.1, -0.05) is 34.1 Å². The van der Waals surface area contributed by atoms with Crippen molar-refractivity contribution >= 4 is 11.8 Å². The summed E-state index contributed by atoms with van der Waals surface area (Å²) in [5.41, 5.74) is -0.158. The Balaban J connectivity index is 2.08. The number of ketones is 1. The SMILES string of the molecule is CC(C)c1cc2c(c(O)c1O)[C@@]13CCCC(C)(C)[C@@H]1C(OC3=O)C2=O. The molecular formula is C20H24O5. The zero-order chi connectivity index (χ0) is 18.3. The molecule has 0 radical (unpaired) electrons. The highest BCUT2D eigenvalue weighted by molar-refractivity contribution is 6.10. The maximum atomic E-state index is 13.1. The van der Waals surface area contributed by atoms with E-state index >= 15 is 0 Å². The predicted molar refractivity (Wildman–Crippen MR) is 90.9 cm³/mol. The number of Topliss-reactive ketones (excluding diaryl/α,β-unsaturated/α-hetero) is 1. The predicted octanol–water partition coefficient (Wildman–Crippen LogP) is 3.41. The standard InChI is InChI=1S/C20H24O5/c1-9(2)10-8-11-12(15(23)13(10)21)20-7-5-6-19(3,4)17(20)16(14(11)22)25-18(20)24/h8-9,16-17,21,23H,5-7H2,1-4H3/t16?,17-,20-/m0/s1. The van der Waals surface area contributed by atoms with Crippen molar-refractivity contribution in [3.8, 4) is 11.5 Å². The first kappa shape index (κ1) is 16.4. The van der Waals surface area contributed by atoms with Gasteiger partial charge >= 0.3 is 5.97 Å². The second-order valence-electron chi connectivity index (χ2n) is 8.72. The van der Waals surface area contributed by atoms with Crippen LogP contribution in [0.3, 0.4) is 0 Å². The Hall–Kier alpha value is -2.04. The van der Waals surface area contributed by atoms with Crippen LogP contribution in [0.4, 0.5) is 0 Å². The van der Waals surface area contributed by atoms with Gasteiger partial charge in [0, 0.05) is 22.6 Å². The monoisotopic (exact) mass is 344 g/mol. The van der Waals surface area contributed by atoms with Gasteiger partial charge in [-0.2, -0.15) is 0 Å². The minimum absolute atomic E-state index is 0.0590. The van der Waals surface area contributed by atoms with Crippen LogP contribution in [-0.4, -0.2) is 28.1 Å². The van der Waals surface area contributed by atoms with Gasteiger partial charge in [0.25, 0.3) is 0 Å². The van der Waals surface area contributed by atoms with Crippen LogP contribution in [0.1, 0.15) is 74.4 Å². The fourth-order valence-electron chi connectivity index (χ4n) is 5.49. The maximum absolute atomic E-state index is 13.1. The summed E-state index contributed by atoms with van der Waals surface area (Å²) in [7, 11) is 0. The summed E-state index contributed by atoms with van der Waals surface area (Å²) in [4.78, 5) is 26.1. The van der Waals surface area contributed by atoms with E-state index in [0.29, 0.717) is 17.5 Å². The minimum Gasteiger partial charge on any atom is -0.504 e. The first-order valence-corrected chi connectivity index (χ1v) is 8.97. The molecule has 25 heavy (non-hydrogen) atoms. The van der Waals surface area contributed by atoms with Gasteiger partial charge in [0.05, 0.1) is 0 Å². The molecule has 1 heterocycles. The molecule has 1 saturated carbocycles. The molecule has 1 aromatic rings. The lowest BCUT2D eigenvalue weighted by Gasteiger charge is -2.49. The van der Waals surface area contributed by atoms with Gasteiger partial charge in [-0.05, 0) is 30.2 Å². The van der Waals surface area contributed by atoms with Crippen molar-refractivity contribution in [3.63, 3.8) is 0 Å². The largest absolute Gasteiger partial charge is 0.504 e. The van der Waals surface area contributed by atoms with E-state index in [1.807, 2.05) is 13.8 Å². The van der Waals surface area contributed by atoms with Crippen molar-refractivity contribution in [3.05, 3.63) is 22.8 Å². The third kappa shape index (κ3) is 1.79. The van der Waals surface area contributed by atoms with Gasteiger partial charge in [0.15, 0.2) is 17.6 Å². The van der Waals surface area contributed by atoms with Crippen molar-refractivity contribution < 1.29 is 24.5 Å². The molecule has 5 heteroatoms. The molecule has 1 unspecified atom stereocenters. The first-order chi connectivity index (χ1) is 11.6. The Morgan fingerprint density at radius 3 is 2.48 bits per heavy atom. The second kappa shape index (κ2) is 4.77. The molecular weight excluding hydrogens is 320 g/mol. The third-order valence-electron chi connectivity index (χ3n) is 6.56. The summed E-state index contributed by atoms with van der Waals surface area (Å²) in [6.45, 7) is 7.88. The summed E-state index contributed by atoms with van der Waals surface area (Å²) in [6.07, 6.45) is 1.45. The Bertz CT molecular complexity index is 807. The van der Waals surface area contributed by atoms with Crippen LogP contribution in [0.15, 0.2) is 6.07 Å². The number of phenolic OH excluding ortho intramolecular Hbond substituents is 2. The molecule has 1 aromatic carbocycles. The van der Waals surface area contributed by atoms with Gasteiger partial charge in [-0.25, -0.2) is 0 Å². The summed E-state index contributed by atoms with van der Waals surface area (Å²) in [6, 6.07) is 1.64. The van der Waals surface area contributed by atoms with Gasteiger partial charge in [-0.15, -0.1) is 0 Å². The second-order valence-corrected chi connectivity index (χ2v) is 8.72. The average Bonchev–Trinajstić information content (AvgIpc) is 2.79. The number of esters is 1. The van der Waals surface area contributed by atoms with E-state index in [4.69, 9.17) is 4.74 Å². The van der Waals surface area contributed by atoms with Crippen molar-refractivity contribution in [2.45, 2.75) is 64.4 Å². The van der Waals surface area contributed by atoms with Crippen molar-refractivity contribution in [2.75, 3.05) is 0 Å². The molecule has 2 N–H and O–H groups in total. The lowest BCUT2D eigenvalue weighted by atomic mass is 9.49. The Kier molecular flexibility index (Phi) is 3.14. The molecule has 3 aliphatic rings. The van der Waals surface area contributed by atoms with Crippen molar-refractivity contribution in [1.29, 1.82) is 0 Å². The van der Waals surface area contributed by atoms with E-state index in [0.717, 1.165) is 12.8 Å². The quantitative estimate of drug-likeness (QED) is 0.602. The van der Waals surface area contributed by atoms with Crippen LogP contribution in [0.5, 0.6) is 11.5 Å². The Morgan fingerprint density at radius 2 is 1.84 bits per heavy atom. The number of ether oxygens (including phenoxy) is 1. The van der Waals surface area contributed by atoms with Crippen LogP contribution < -0.4 is 0 Å². The van der Waals surface area contributed by atoms with Gasteiger partial charge < -0.3 is 14.9 Å². The molecule has 1 saturated heterocycles. The van der Waals surface area contributed by atoms with Crippen molar-refractivity contribution in [2.24, 2.45) is 11.3 Å². The molecule has 2 bridgehead atoms. The van der Waals surface area contributed by atoms with Gasteiger partial charge in [0.1, 0.15) is 5.41 Å². The Labute approximate surface area is 147 Å². The summed E-state index contributed by atoms with van der Waals surface area (Å²) < 4.78 is 5.57. The number of hydrogen-bond acceptors (Lipinski definition) is 5. The van der Waals surface area contributed by atoms with E-state index in [1.165, 1.54) is 0 Å². The number of phenols is 2. The number of benzene rings is 1. The third-order valence-corrected chi connectivity index (χ3v) is 6.56. The molecule has 4 rings (SSSR count). The molecule has 5 nitrogen and oxygen atoms in total. The molecule has 0 spiro atoms. The smallest absolute Gasteiger partial charge is 0.317 e. The fourth-order valence-corrected chi connectivity index (χ4v) is 5.49. The lowest BCUT2D eigenvalue weighted by Crippen LogP contribution is -2.54. The lowest BCUT2D eigenvalue weighted by molar-refractivity contribution is -0.144. The minimum atomic E-state index is -1.03. The average molecular weight is 344 g/mol. The van der Waals surface area contributed by atoms with Gasteiger partial charge in [0.2, 0.25) is 5.78 Å². The summed E-state index contributed by atoms with van der Waals surface area (Å²) in [5, 5.41) is 21.3. The zero-order valence-electron chi connectivity index (χ0n) is 15.0. The van der Waals surface area contributed by atoms with E-state index in [9.17, 15) is 19.8 Å². The van der Waals surface area contributed by atoms with Crippen LogP contribution in [0, 0.1) is 11.3 Å². The number of aromatic hydroxyl groups is 2. The molecule has 134 valence electrons. The molecule has 2 aliphatic carbocycles. The highest BCUT2D eigenvalue weighted by Crippen LogP contribution is 2.64. The van der Waals surface area contributed by atoms with Crippen LogP contribution >= 0.6 is 0 Å². The van der Waals surface area contributed by atoms with Crippen LogP contribution in [-0.2, 0) is 14.9 Å².